The Morgan fingerprint density at radius 2 is 1.07 bits per heavy atom. The topological polar surface area (TPSA) is 466 Å². The molecule has 14 aromatic rings. The summed E-state index contributed by atoms with van der Waals surface area (Å²) in [5, 5.41) is 35.9. The number of alkyl halides is 2. The molecular weight excluding hydrogens is 1990 g/mol. The van der Waals surface area contributed by atoms with Crippen LogP contribution in [0, 0.1) is 0 Å². The summed E-state index contributed by atoms with van der Waals surface area (Å²) in [4.78, 5) is 126. The first kappa shape index (κ1) is 101. The molecule has 43 heteroatoms. The van der Waals surface area contributed by atoms with Gasteiger partial charge in [-0.25, -0.2) is 48.1 Å². The van der Waals surface area contributed by atoms with Gasteiger partial charge < -0.3 is 79.6 Å². The normalized spacial score (nSPS) is 15.7. The third-order valence-corrected chi connectivity index (χ3v) is 22.9. The second-order valence-electron chi connectivity index (χ2n) is 32.8. The minimum Gasteiger partial charge on any atom is -0.478 e. The van der Waals surface area contributed by atoms with E-state index in [2.05, 4.69) is 136 Å². The van der Waals surface area contributed by atoms with E-state index in [4.69, 9.17) is 48.3 Å². The lowest BCUT2D eigenvalue weighted by atomic mass is 10.2. The van der Waals surface area contributed by atoms with Gasteiger partial charge in [0.2, 0.25) is 0 Å². The zero-order valence-electron chi connectivity index (χ0n) is 75.0. The van der Waals surface area contributed by atoms with E-state index in [9.17, 15) is 51.6 Å². The van der Waals surface area contributed by atoms with E-state index in [0.29, 0.717) is 105 Å². The highest BCUT2D eigenvalue weighted by Gasteiger charge is 2.41. The number of anilines is 2. The lowest BCUT2D eigenvalue weighted by Crippen LogP contribution is -2.37. The second-order valence-corrected chi connectivity index (χ2v) is 37.7. The number of rotatable bonds is 12. The number of carboxylic acids is 1. The molecule has 0 aliphatic carbocycles. The van der Waals surface area contributed by atoms with Gasteiger partial charge in [0, 0.05) is 76.0 Å². The van der Waals surface area contributed by atoms with Crippen LogP contribution in [0.5, 0.6) is 0 Å². The quantitative estimate of drug-likeness (QED) is 0.0244. The molecule has 0 unspecified atom stereocenters. The molecule has 0 spiro atoms. The fourth-order valence-corrected chi connectivity index (χ4v) is 16.3. The van der Waals surface area contributed by atoms with Gasteiger partial charge in [-0.15, -0.1) is 23.2 Å². The lowest BCUT2D eigenvalue weighted by molar-refractivity contribution is 0.0396. The molecule has 3 aromatic carbocycles. The van der Waals surface area contributed by atoms with Crippen LogP contribution in [0.2, 0.25) is 0 Å². The SMILES string of the molecule is COC(=O)c1cc2ccc(Br)nc2[nH]1.COC(=O)c1cc2ccc(Br)nc2n1[C@H](C)CNC(=O)OC(C)(C)C.C[C@@H]1CNC(=O)c2cc3ccc(Br)cc3n21.C[C@@H]1CNC(=O)c2cc3ccc(N)nc3n21.C[C@@H]1CNC(=O)c2cc3ccc(NC(=O)c4cnn(Cc5ccccc5)c4)nc3n21.C[C@H]1CN(C(=O)OC(C)(C)C)S(=O)(=O)O1.ClCCl.O=C(O)c1cnn(Cc2ccccc2)c1. The molecule has 15 heterocycles. The van der Waals surface area contributed by atoms with Crippen molar-refractivity contribution in [3.63, 3.8) is 0 Å². The van der Waals surface area contributed by atoms with E-state index < -0.39 is 51.7 Å². The number of pyridine rings is 4. The maximum Gasteiger partial charge on any atom is 0.425 e. The molecule has 6 amide bonds. The largest absolute Gasteiger partial charge is 0.478 e. The van der Waals surface area contributed by atoms with Gasteiger partial charge in [-0.05, 0) is 210 Å². The number of methoxy groups -OCH3 is 2. The van der Waals surface area contributed by atoms with E-state index in [1.54, 1.807) is 105 Å². The summed E-state index contributed by atoms with van der Waals surface area (Å²) >= 11 is 19.6. The monoisotopic (exact) mass is 2080 g/mol. The van der Waals surface area contributed by atoms with Crippen LogP contribution in [0.3, 0.4) is 0 Å². The molecule has 134 heavy (non-hydrogen) atoms. The van der Waals surface area contributed by atoms with Crippen LogP contribution < -0.4 is 32.3 Å². The maximum absolute atomic E-state index is 12.7. The number of H-pyrrole nitrogens is 1. The number of nitrogen functional groups attached to an aromatic ring is 1. The summed E-state index contributed by atoms with van der Waals surface area (Å²) in [6, 6.07) is 49.8. The number of ether oxygens (including phenoxy) is 4. The third-order valence-electron chi connectivity index (χ3n) is 20.1. The average molecular weight is 2090 g/mol. The van der Waals surface area contributed by atoms with Crippen molar-refractivity contribution in [1.29, 1.82) is 0 Å². The molecule has 1 fully saturated rings. The van der Waals surface area contributed by atoms with Crippen molar-refractivity contribution in [3.8, 4) is 0 Å². The number of fused-ring (bicyclic) bond motifs is 11. The molecule has 18 rings (SSSR count). The minimum atomic E-state index is -3.95. The van der Waals surface area contributed by atoms with Crippen molar-refractivity contribution in [1.82, 2.24) is 88.3 Å². The molecule has 4 aliphatic rings. The summed E-state index contributed by atoms with van der Waals surface area (Å²) < 4.78 is 60.9. The first-order chi connectivity index (χ1) is 63.5. The minimum absolute atomic E-state index is 0.00273. The lowest BCUT2D eigenvalue weighted by Gasteiger charge is -2.24. The highest BCUT2D eigenvalue weighted by Crippen LogP contribution is 2.33. The molecular formula is C91H99Br3Cl2N20O17S. The van der Waals surface area contributed by atoms with Gasteiger partial charge in [0.25, 0.3) is 23.6 Å². The summed E-state index contributed by atoms with van der Waals surface area (Å²) in [5.74, 6) is -1.30. The van der Waals surface area contributed by atoms with Crippen LogP contribution in [0.25, 0.3) is 55.0 Å². The Kier molecular flexibility index (Phi) is 33.8. The number of nitrogens with two attached hydrogens (primary N) is 1. The van der Waals surface area contributed by atoms with Crippen molar-refractivity contribution in [2.24, 2.45) is 0 Å². The van der Waals surface area contributed by atoms with Gasteiger partial charge in [0.15, 0.2) is 0 Å². The zero-order valence-corrected chi connectivity index (χ0v) is 82.1. The first-order valence-corrected chi connectivity index (χ1v) is 46.5. The predicted octanol–water partition coefficient (Wildman–Crippen LogP) is 16.2. The van der Waals surface area contributed by atoms with Gasteiger partial charge in [-0.3, -0.25) is 28.5 Å². The number of hydrogen-bond donors (Lipinski definition) is 8. The van der Waals surface area contributed by atoms with Crippen molar-refractivity contribution in [2.45, 2.75) is 131 Å². The van der Waals surface area contributed by atoms with Gasteiger partial charge in [0.05, 0.1) is 92.5 Å². The van der Waals surface area contributed by atoms with E-state index in [0.717, 1.165) is 64.0 Å². The van der Waals surface area contributed by atoms with Crippen LogP contribution in [-0.2, 0) is 46.5 Å². The van der Waals surface area contributed by atoms with Crippen LogP contribution in [0.4, 0.5) is 21.2 Å². The van der Waals surface area contributed by atoms with Gasteiger partial charge >= 0.3 is 40.4 Å². The number of hydrogen-bond acceptors (Lipinski definition) is 23. The van der Waals surface area contributed by atoms with E-state index >= 15 is 0 Å². The molecule has 37 nitrogen and oxygen atoms in total. The third kappa shape index (κ3) is 26.3. The number of nitrogens with zero attached hydrogens (tertiary/aromatic N) is 13. The Labute approximate surface area is 805 Å². The van der Waals surface area contributed by atoms with Gasteiger partial charge in [-0.2, -0.15) is 22.9 Å². The number of amides is 6. The van der Waals surface area contributed by atoms with Crippen LogP contribution in [-0.4, -0.2) is 204 Å². The smallest absolute Gasteiger partial charge is 0.425 e. The Morgan fingerprint density at radius 3 is 1.60 bits per heavy atom. The number of alkyl carbamates (subject to hydrolysis) is 1. The van der Waals surface area contributed by atoms with E-state index in [1.807, 2.05) is 151 Å². The van der Waals surface area contributed by atoms with E-state index in [1.165, 1.54) is 26.6 Å². The summed E-state index contributed by atoms with van der Waals surface area (Å²) in [7, 11) is -1.27. The fraction of sp³-hybridized carbons (Fsp3) is 0.308. The number of benzene rings is 3. The van der Waals surface area contributed by atoms with Crippen LogP contribution in [0.1, 0.15) is 185 Å². The summed E-state index contributed by atoms with van der Waals surface area (Å²) in [6.45, 7) is 23.4. The Hall–Kier alpha value is -13.1. The van der Waals surface area contributed by atoms with Crippen molar-refractivity contribution in [2.75, 3.05) is 63.3 Å². The first-order valence-electron chi connectivity index (χ1n) is 41.7. The second kappa shape index (κ2) is 44.6. The fourth-order valence-electron chi connectivity index (χ4n) is 14.2. The summed E-state index contributed by atoms with van der Waals surface area (Å²) in [5.41, 5.74) is 13.9. The molecule has 0 radical (unpaired) electrons. The standard InChI is InChI=1S/C22H20N6O2.C17H22BrN3O4.C12H11BrN2O.C11H12N4O.C11H10N2O2.C9H7BrN2O2.C8H15NO5S.CH2Cl2/c1-14-10-23-22(30)18-9-16-7-8-19(25-20(16)28(14)18)26-21(29)17-11-24-27(13-17)12-15-5-3-2-4-6-15;1-10(9-19-16(23)25-17(2,3)4)21-12(15(22)24-5)8-11-6-7-13(18)20-14(11)21;1-7-6-14-12(16)11-4-8-2-3-9(13)5-10(8)15(7)11;1-6-5-13-11(16)8-4-7-2-3-9(12)14-10(7)15(6)8;14-11(15)10-6-12-13(8-10)7-9-4-2-1-3-5-9;1-14-9(13)6-4-5-2-3-7(10)12-8(5)11-6;1-6-5-9(15(11,12)14-6)7(10)13-8(2,3)4;2-1-3/h2-9,11,13-14H,10,12H2,1H3,(H,23,30)(H,25,26,29);6-8,10H,9H2,1-5H3,(H,19,23);2-5,7H,6H2,1H3,(H,14,16);2-4,6H,5H2,1H3,(H2,12,14)(H,13,16);1-6,8H,7H2,(H,14,15);2-4H,1H3,(H,11,12);6H,5H2,1-4H3;1H2/t14-;10-;7-;6-;;;6-;/m1111..0./s1. The van der Waals surface area contributed by atoms with Crippen molar-refractivity contribution >= 4 is 202 Å². The molecule has 1 saturated heterocycles. The number of carbonyl (C=O) groups is 9. The predicted molar refractivity (Wildman–Crippen MR) is 517 cm³/mol. The number of carboxylic acid groups (broad SMARTS) is 1. The van der Waals surface area contributed by atoms with Crippen molar-refractivity contribution < 1.29 is 79.8 Å². The number of aromatic nitrogens is 13. The van der Waals surface area contributed by atoms with Crippen LogP contribution in [0.15, 0.2) is 196 Å². The van der Waals surface area contributed by atoms with Crippen LogP contribution >= 0.6 is 71.0 Å². The molecule has 706 valence electrons. The van der Waals surface area contributed by atoms with E-state index in [-0.39, 0.29) is 71.7 Å². The molecule has 5 atom stereocenters. The Bertz CT molecular complexity index is 6660. The highest BCUT2D eigenvalue weighted by atomic mass is 79.9. The average Bonchev–Trinajstić information content (AvgIpc) is 1.62. The Morgan fingerprint density at radius 1 is 0.590 bits per heavy atom. The highest BCUT2D eigenvalue weighted by molar-refractivity contribution is 9.11. The number of esters is 2. The molecule has 4 aliphatic heterocycles. The number of halogens is 5. The maximum atomic E-state index is 12.7. The number of aromatic amines is 1. The zero-order chi connectivity index (χ0) is 97.4. The number of aromatic carboxylic acids is 1. The molecule has 0 saturated carbocycles. The van der Waals surface area contributed by atoms with Gasteiger partial charge in [0.1, 0.15) is 83.1 Å². The van der Waals surface area contributed by atoms with Gasteiger partial charge in [-0.1, -0.05) is 82.7 Å². The number of carbonyl (C=O) groups excluding carboxylic acids is 8. The number of nitrogens with one attached hydrogen (secondary N) is 6. The van der Waals surface area contributed by atoms with Crippen molar-refractivity contribution in [3.05, 3.63) is 247 Å². The molecule has 0 bridgehead atoms. The summed E-state index contributed by atoms with van der Waals surface area (Å²) in [6.07, 6.45) is 4.20. The molecule has 9 N–H and O–H groups in total. The molecule has 11 aromatic heterocycles. The Balaban J connectivity index is 0.000000153.